The van der Waals surface area contributed by atoms with Crippen molar-refractivity contribution in [3.63, 3.8) is 0 Å². The highest BCUT2D eigenvalue weighted by molar-refractivity contribution is 9.10. The summed E-state index contributed by atoms with van der Waals surface area (Å²) >= 11 is 3.47. The number of nitro groups is 1. The first-order valence-electron chi connectivity index (χ1n) is 14.0. The first-order valence-corrected chi connectivity index (χ1v) is 14.8. The zero-order valence-corrected chi connectivity index (χ0v) is 26.7. The number of aliphatic hydroxyl groups excluding tert-OH is 1. The van der Waals surface area contributed by atoms with Gasteiger partial charge in [-0.1, -0.05) is 6.07 Å². The van der Waals surface area contributed by atoms with Gasteiger partial charge in [0.2, 0.25) is 0 Å². The van der Waals surface area contributed by atoms with Crippen LogP contribution >= 0.6 is 15.9 Å². The zero-order chi connectivity index (χ0) is 33.2. The summed E-state index contributed by atoms with van der Waals surface area (Å²) in [7, 11) is 1.26. The van der Waals surface area contributed by atoms with Gasteiger partial charge in [-0.2, -0.15) is 5.10 Å². The maximum Gasteiger partial charge on any atom is 0.337 e. The third-order valence-electron chi connectivity index (χ3n) is 6.61. The van der Waals surface area contributed by atoms with Gasteiger partial charge in [0.25, 0.3) is 5.69 Å². The van der Waals surface area contributed by atoms with E-state index in [4.69, 9.17) is 18.9 Å². The summed E-state index contributed by atoms with van der Waals surface area (Å²) in [6, 6.07) is 15.1. The minimum Gasteiger partial charge on any atom is -0.490 e. The number of ether oxygens (including phenoxy) is 4. The largest absolute Gasteiger partial charge is 0.490 e. The molecule has 1 aliphatic heterocycles. The van der Waals surface area contributed by atoms with Crippen molar-refractivity contribution >= 4 is 39.8 Å². The van der Waals surface area contributed by atoms with E-state index in [1.807, 2.05) is 0 Å². The number of nitro benzene ring substituents is 1. The fraction of sp³-hybridized carbons (Fsp3) is 0.258. The molecule has 0 fully saturated rings. The Hall–Kier alpha value is -5.15. The average Bonchev–Trinajstić information content (AvgIpc) is 3.03. The highest BCUT2D eigenvalue weighted by atomic mass is 79.9. The number of urea groups is 1. The number of nitrogens with one attached hydrogen (secondary N) is 3. The van der Waals surface area contributed by atoms with Gasteiger partial charge in [-0.25, -0.2) is 9.59 Å². The van der Waals surface area contributed by atoms with Crippen LogP contribution in [0.25, 0.3) is 0 Å². The van der Waals surface area contributed by atoms with E-state index in [1.165, 1.54) is 25.5 Å². The number of methoxy groups -OCH3 is 1. The first-order chi connectivity index (χ1) is 22.1. The van der Waals surface area contributed by atoms with Crippen molar-refractivity contribution in [3.8, 4) is 17.2 Å². The van der Waals surface area contributed by atoms with Crippen LogP contribution in [0.1, 0.15) is 36.6 Å². The molecule has 14 nitrogen and oxygen atoms in total. The zero-order valence-electron chi connectivity index (χ0n) is 25.1. The number of allylic oxidation sites excluding steroid dienone is 1. The Balaban J connectivity index is 1.33. The van der Waals surface area contributed by atoms with Crippen molar-refractivity contribution in [1.29, 1.82) is 0 Å². The van der Waals surface area contributed by atoms with Gasteiger partial charge in [-0.15, -0.1) is 0 Å². The third-order valence-corrected chi connectivity index (χ3v) is 7.23. The summed E-state index contributed by atoms with van der Waals surface area (Å²) < 4.78 is 22.9. The molecule has 2 atom stereocenters. The summed E-state index contributed by atoms with van der Waals surface area (Å²) in [6.45, 7) is 3.79. The number of non-ortho nitro benzene ring substituents is 1. The highest BCUT2D eigenvalue weighted by Crippen LogP contribution is 2.35. The van der Waals surface area contributed by atoms with E-state index in [0.717, 1.165) is 5.56 Å². The number of hydrazone groups is 1. The molecule has 15 heteroatoms. The molecular formula is C31H32BrN5O9. The molecule has 46 heavy (non-hydrogen) atoms. The summed E-state index contributed by atoms with van der Waals surface area (Å²) in [4.78, 5) is 34.9. The number of esters is 1. The Morgan fingerprint density at radius 1 is 1.11 bits per heavy atom. The lowest BCUT2D eigenvalue weighted by Crippen LogP contribution is -2.45. The van der Waals surface area contributed by atoms with Crippen LogP contribution in [0.4, 0.5) is 10.5 Å². The Morgan fingerprint density at radius 3 is 2.52 bits per heavy atom. The number of rotatable bonds is 14. The molecule has 2 amide bonds. The number of benzene rings is 3. The lowest BCUT2D eigenvalue weighted by Gasteiger charge is -2.28. The summed E-state index contributed by atoms with van der Waals surface area (Å²) in [5.74, 6) is 0.679. The van der Waals surface area contributed by atoms with E-state index >= 15 is 0 Å². The molecule has 0 bridgehead atoms. The van der Waals surface area contributed by atoms with Gasteiger partial charge in [0, 0.05) is 17.8 Å². The SMILES string of the molecule is CCOc1cc([C@H]2NC(=O)NC(C)=C2C(=O)OC)ccc1OC[C@@H](O)N/N=C\c1ccc(OCc2ccc([N+](=O)[O-])cc2)c(Br)c1. The van der Waals surface area contributed by atoms with E-state index in [0.29, 0.717) is 45.2 Å². The van der Waals surface area contributed by atoms with Crippen LogP contribution in [-0.4, -0.2) is 54.8 Å². The average molecular weight is 699 g/mol. The number of amides is 2. The van der Waals surface area contributed by atoms with Crippen molar-refractivity contribution in [2.45, 2.75) is 32.7 Å². The molecule has 0 aromatic heterocycles. The number of hydrogen-bond donors (Lipinski definition) is 4. The van der Waals surface area contributed by atoms with Gasteiger partial charge < -0.3 is 34.7 Å². The van der Waals surface area contributed by atoms with E-state index in [2.05, 4.69) is 37.1 Å². The van der Waals surface area contributed by atoms with Crippen LogP contribution in [0, 0.1) is 10.1 Å². The van der Waals surface area contributed by atoms with Crippen LogP contribution < -0.4 is 30.3 Å². The smallest absolute Gasteiger partial charge is 0.337 e. The first kappa shape index (κ1) is 33.7. The molecule has 0 saturated heterocycles. The molecule has 0 spiro atoms. The van der Waals surface area contributed by atoms with Crippen LogP contribution in [-0.2, 0) is 16.1 Å². The number of hydrogen-bond acceptors (Lipinski definition) is 11. The van der Waals surface area contributed by atoms with E-state index in [9.17, 15) is 24.8 Å². The fourth-order valence-electron chi connectivity index (χ4n) is 4.41. The Labute approximate surface area is 272 Å². The van der Waals surface area contributed by atoms with Gasteiger partial charge in [0.15, 0.2) is 17.7 Å². The van der Waals surface area contributed by atoms with Crippen molar-refractivity contribution in [2.24, 2.45) is 5.10 Å². The molecule has 242 valence electrons. The molecule has 1 heterocycles. The standard InChI is InChI=1S/C31H32BrN5O9/c1-4-44-26-14-21(29-28(30(39)43-3)18(2)34-31(40)35-29)8-12-25(26)46-17-27(38)36-33-15-20-7-11-24(23(32)13-20)45-16-19-5-9-22(10-6-19)37(41)42/h5-15,27,29,36,38H,4,16-17H2,1-3H3,(H2,34,35,40)/b33-15-/t27-,29-/m1/s1. The molecule has 3 aromatic rings. The molecule has 0 aliphatic carbocycles. The molecule has 4 rings (SSSR count). The second-order valence-electron chi connectivity index (χ2n) is 9.82. The molecule has 3 aromatic carbocycles. The molecule has 0 unspecified atom stereocenters. The monoisotopic (exact) mass is 697 g/mol. The Morgan fingerprint density at radius 2 is 1.85 bits per heavy atom. The second-order valence-corrected chi connectivity index (χ2v) is 10.7. The lowest BCUT2D eigenvalue weighted by atomic mass is 9.95. The second kappa shape index (κ2) is 15.7. The van der Waals surface area contributed by atoms with E-state index in [1.54, 1.807) is 62.4 Å². The van der Waals surface area contributed by atoms with Crippen LogP contribution in [0.2, 0.25) is 0 Å². The van der Waals surface area contributed by atoms with Gasteiger partial charge in [0.1, 0.15) is 19.0 Å². The molecule has 0 saturated carbocycles. The maximum absolute atomic E-state index is 12.4. The number of carbonyl (C=O) groups is 2. The Bertz CT molecular complexity index is 1650. The van der Waals surface area contributed by atoms with Crippen molar-refractivity contribution in [2.75, 3.05) is 20.3 Å². The summed E-state index contributed by atoms with van der Waals surface area (Å²) in [5.41, 5.74) is 5.31. The van der Waals surface area contributed by atoms with E-state index in [-0.39, 0.29) is 24.5 Å². The molecule has 0 radical (unpaired) electrons. The quantitative estimate of drug-likeness (QED) is 0.0617. The van der Waals surface area contributed by atoms with E-state index < -0.39 is 29.2 Å². The minimum absolute atomic E-state index is 0.0119. The number of nitrogens with zero attached hydrogens (tertiary/aromatic N) is 2. The maximum atomic E-state index is 12.4. The molecule has 1 aliphatic rings. The number of halogens is 1. The van der Waals surface area contributed by atoms with Gasteiger partial charge in [-0.05, 0) is 88.9 Å². The predicted octanol–water partition coefficient (Wildman–Crippen LogP) is 4.46. The van der Waals surface area contributed by atoms with Gasteiger partial charge >= 0.3 is 12.0 Å². The fourth-order valence-corrected chi connectivity index (χ4v) is 4.92. The number of aliphatic hydroxyl groups is 1. The van der Waals surface area contributed by atoms with Crippen molar-refractivity contribution in [1.82, 2.24) is 16.1 Å². The van der Waals surface area contributed by atoms with Crippen molar-refractivity contribution < 1.29 is 38.6 Å². The van der Waals surface area contributed by atoms with Crippen LogP contribution in [0.5, 0.6) is 17.2 Å². The normalized spacial score (nSPS) is 15.1. The molecule has 4 N–H and O–H groups in total. The summed E-state index contributed by atoms with van der Waals surface area (Å²) in [6.07, 6.45) is 0.342. The Kier molecular flexibility index (Phi) is 11.5. The van der Waals surface area contributed by atoms with Crippen LogP contribution in [0.15, 0.2) is 81.5 Å². The number of carbonyl (C=O) groups excluding carboxylic acids is 2. The third kappa shape index (κ3) is 8.73. The van der Waals surface area contributed by atoms with Gasteiger partial charge in [0.05, 0.1) is 40.9 Å². The predicted molar refractivity (Wildman–Crippen MR) is 171 cm³/mol. The molecular weight excluding hydrogens is 666 g/mol. The lowest BCUT2D eigenvalue weighted by molar-refractivity contribution is -0.384. The highest BCUT2D eigenvalue weighted by Gasteiger charge is 2.32. The van der Waals surface area contributed by atoms with Gasteiger partial charge in [-0.3, -0.25) is 15.5 Å². The van der Waals surface area contributed by atoms with Crippen LogP contribution in [0.3, 0.4) is 0 Å². The van der Waals surface area contributed by atoms with Crippen molar-refractivity contribution in [3.05, 3.63) is 103 Å². The topological polar surface area (TPSA) is 183 Å². The minimum atomic E-state index is -1.17. The summed E-state index contributed by atoms with van der Waals surface area (Å²) in [5, 5.41) is 30.6.